The maximum Gasteiger partial charge on any atom is 0.230 e. The SMILES string of the molecule is COc1ccc(CC(=O)Nc2nc(-c3ccccc3)ns2)cc1OC. The molecule has 1 amide bonds. The number of hydrogen-bond acceptors (Lipinski definition) is 6. The standard InChI is InChI=1S/C18H17N3O3S/c1-23-14-9-8-12(10-15(14)24-2)11-16(22)19-18-20-17(21-25-18)13-6-4-3-5-7-13/h3-10H,11H2,1-2H3,(H,19,20,21,22). The zero-order valence-corrected chi connectivity index (χ0v) is 14.7. The highest BCUT2D eigenvalue weighted by molar-refractivity contribution is 7.10. The Kier molecular flexibility index (Phi) is 5.25. The third-order valence-electron chi connectivity index (χ3n) is 3.52. The van der Waals surface area contributed by atoms with Gasteiger partial charge < -0.3 is 14.8 Å². The fourth-order valence-corrected chi connectivity index (χ4v) is 2.92. The number of hydrogen-bond donors (Lipinski definition) is 1. The minimum Gasteiger partial charge on any atom is -0.493 e. The molecular weight excluding hydrogens is 338 g/mol. The van der Waals surface area contributed by atoms with Gasteiger partial charge in [0.05, 0.1) is 20.6 Å². The number of nitrogens with one attached hydrogen (secondary N) is 1. The van der Waals surface area contributed by atoms with Gasteiger partial charge in [-0.25, -0.2) is 0 Å². The van der Waals surface area contributed by atoms with E-state index in [9.17, 15) is 4.79 Å². The van der Waals surface area contributed by atoms with E-state index < -0.39 is 0 Å². The number of rotatable bonds is 6. The van der Waals surface area contributed by atoms with Crippen molar-refractivity contribution >= 4 is 22.6 Å². The van der Waals surface area contributed by atoms with Crippen LogP contribution in [0.2, 0.25) is 0 Å². The average molecular weight is 355 g/mol. The number of nitrogens with zero attached hydrogens (tertiary/aromatic N) is 2. The predicted octanol–water partition coefficient (Wildman–Crippen LogP) is 3.40. The van der Waals surface area contributed by atoms with Crippen molar-refractivity contribution in [2.24, 2.45) is 0 Å². The molecule has 7 heteroatoms. The number of benzene rings is 2. The molecule has 0 unspecified atom stereocenters. The van der Waals surface area contributed by atoms with E-state index in [4.69, 9.17) is 9.47 Å². The maximum atomic E-state index is 12.2. The summed E-state index contributed by atoms with van der Waals surface area (Å²) < 4.78 is 14.7. The molecule has 0 saturated heterocycles. The summed E-state index contributed by atoms with van der Waals surface area (Å²) in [5.41, 5.74) is 1.74. The van der Waals surface area contributed by atoms with Gasteiger partial charge in [0.2, 0.25) is 11.0 Å². The van der Waals surface area contributed by atoms with Crippen LogP contribution < -0.4 is 14.8 Å². The molecule has 0 atom stereocenters. The summed E-state index contributed by atoms with van der Waals surface area (Å²) in [5.74, 6) is 1.66. The lowest BCUT2D eigenvalue weighted by molar-refractivity contribution is -0.115. The number of aromatic nitrogens is 2. The van der Waals surface area contributed by atoms with Crippen LogP contribution in [0.15, 0.2) is 48.5 Å². The minimum atomic E-state index is -0.164. The van der Waals surface area contributed by atoms with Crippen molar-refractivity contribution in [2.75, 3.05) is 19.5 Å². The molecule has 0 radical (unpaired) electrons. The van der Waals surface area contributed by atoms with E-state index in [0.29, 0.717) is 22.5 Å². The van der Waals surface area contributed by atoms with Crippen LogP contribution in [-0.2, 0) is 11.2 Å². The van der Waals surface area contributed by atoms with Crippen LogP contribution in [0.3, 0.4) is 0 Å². The van der Waals surface area contributed by atoms with Crippen LogP contribution in [0, 0.1) is 0 Å². The topological polar surface area (TPSA) is 73.3 Å². The second-order valence-electron chi connectivity index (χ2n) is 5.20. The Morgan fingerprint density at radius 2 is 1.84 bits per heavy atom. The van der Waals surface area contributed by atoms with Gasteiger partial charge in [0, 0.05) is 17.1 Å². The summed E-state index contributed by atoms with van der Waals surface area (Å²) in [5, 5.41) is 3.26. The van der Waals surface area contributed by atoms with Crippen LogP contribution in [0.5, 0.6) is 11.5 Å². The first kappa shape index (κ1) is 16.9. The first-order valence-electron chi connectivity index (χ1n) is 7.59. The van der Waals surface area contributed by atoms with Crippen molar-refractivity contribution in [2.45, 2.75) is 6.42 Å². The summed E-state index contributed by atoms with van der Waals surface area (Å²) in [7, 11) is 3.14. The minimum absolute atomic E-state index is 0.164. The van der Waals surface area contributed by atoms with Crippen molar-refractivity contribution in [3.8, 4) is 22.9 Å². The van der Waals surface area contributed by atoms with E-state index in [1.54, 1.807) is 26.4 Å². The van der Waals surface area contributed by atoms with Gasteiger partial charge in [0.1, 0.15) is 0 Å². The van der Waals surface area contributed by atoms with Crippen molar-refractivity contribution in [3.63, 3.8) is 0 Å². The molecule has 6 nitrogen and oxygen atoms in total. The molecule has 0 aliphatic rings. The van der Waals surface area contributed by atoms with Gasteiger partial charge >= 0.3 is 0 Å². The molecule has 1 aromatic heterocycles. The number of ether oxygens (including phenoxy) is 2. The molecule has 3 rings (SSSR count). The third kappa shape index (κ3) is 4.13. The first-order valence-corrected chi connectivity index (χ1v) is 8.37. The zero-order chi connectivity index (χ0) is 17.6. The van der Waals surface area contributed by atoms with Crippen molar-refractivity contribution < 1.29 is 14.3 Å². The fourth-order valence-electron chi connectivity index (χ4n) is 2.32. The Hall–Kier alpha value is -2.93. The molecule has 0 bridgehead atoms. The first-order chi connectivity index (χ1) is 12.2. The molecule has 0 aliphatic carbocycles. The van der Waals surface area contributed by atoms with Crippen molar-refractivity contribution in [1.29, 1.82) is 0 Å². The largest absolute Gasteiger partial charge is 0.493 e. The van der Waals surface area contributed by atoms with Gasteiger partial charge in [0.25, 0.3) is 0 Å². The lowest BCUT2D eigenvalue weighted by Gasteiger charge is -2.09. The van der Waals surface area contributed by atoms with Crippen LogP contribution in [0.25, 0.3) is 11.4 Å². The molecule has 1 heterocycles. The monoisotopic (exact) mass is 355 g/mol. The van der Waals surface area contributed by atoms with E-state index in [1.165, 1.54) is 0 Å². The molecular formula is C18H17N3O3S. The highest BCUT2D eigenvalue weighted by Gasteiger charge is 2.12. The summed E-state index contributed by atoms with van der Waals surface area (Å²) >= 11 is 1.16. The van der Waals surface area contributed by atoms with Gasteiger partial charge in [-0.15, -0.1) is 0 Å². The quantitative estimate of drug-likeness (QED) is 0.733. The smallest absolute Gasteiger partial charge is 0.230 e. The van der Waals surface area contributed by atoms with Gasteiger partial charge in [-0.1, -0.05) is 36.4 Å². The molecule has 128 valence electrons. The van der Waals surface area contributed by atoms with E-state index in [-0.39, 0.29) is 12.3 Å². The van der Waals surface area contributed by atoms with Gasteiger partial charge in [-0.2, -0.15) is 9.36 Å². The predicted molar refractivity (Wildman–Crippen MR) is 97.2 cm³/mol. The summed E-state index contributed by atoms with van der Waals surface area (Å²) in [6, 6.07) is 15.0. The Bertz CT molecular complexity index is 865. The van der Waals surface area contributed by atoms with Gasteiger partial charge in [-0.3, -0.25) is 4.79 Å². The molecule has 3 aromatic rings. The van der Waals surface area contributed by atoms with E-state index >= 15 is 0 Å². The maximum absolute atomic E-state index is 12.2. The third-order valence-corrected chi connectivity index (χ3v) is 4.15. The highest BCUT2D eigenvalue weighted by atomic mass is 32.1. The van der Waals surface area contributed by atoms with Gasteiger partial charge in [0.15, 0.2) is 17.3 Å². The molecule has 2 aromatic carbocycles. The Morgan fingerprint density at radius 1 is 1.08 bits per heavy atom. The Labute approximate surface area is 149 Å². The number of methoxy groups -OCH3 is 2. The average Bonchev–Trinajstić information content (AvgIpc) is 3.10. The highest BCUT2D eigenvalue weighted by Crippen LogP contribution is 2.28. The van der Waals surface area contributed by atoms with E-state index in [0.717, 1.165) is 22.7 Å². The molecule has 1 N–H and O–H groups in total. The molecule has 0 aliphatic heterocycles. The van der Waals surface area contributed by atoms with Crippen LogP contribution >= 0.6 is 11.5 Å². The molecule has 0 fully saturated rings. The van der Waals surface area contributed by atoms with Crippen LogP contribution in [-0.4, -0.2) is 29.5 Å². The number of carbonyl (C=O) groups is 1. The zero-order valence-electron chi connectivity index (χ0n) is 13.9. The number of carbonyl (C=O) groups excluding carboxylic acids is 1. The molecule has 0 spiro atoms. The van der Waals surface area contributed by atoms with E-state index in [1.807, 2.05) is 36.4 Å². The summed E-state index contributed by atoms with van der Waals surface area (Å²) in [6.45, 7) is 0. The molecule has 0 saturated carbocycles. The normalized spacial score (nSPS) is 10.3. The van der Waals surface area contributed by atoms with Crippen molar-refractivity contribution in [1.82, 2.24) is 9.36 Å². The fraction of sp³-hybridized carbons (Fsp3) is 0.167. The second-order valence-corrected chi connectivity index (χ2v) is 5.96. The number of amides is 1. The van der Waals surface area contributed by atoms with E-state index in [2.05, 4.69) is 14.7 Å². The summed E-state index contributed by atoms with van der Waals surface area (Å²) in [4.78, 5) is 16.6. The Balaban J connectivity index is 1.66. The van der Waals surface area contributed by atoms with Crippen LogP contribution in [0.1, 0.15) is 5.56 Å². The van der Waals surface area contributed by atoms with Crippen molar-refractivity contribution in [3.05, 3.63) is 54.1 Å². The lowest BCUT2D eigenvalue weighted by Crippen LogP contribution is -2.14. The Morgan fingerprint density at radius 3 is 2.56 bits per heavy atom. The number of anilines is 1. The van der Waals surface area contributed by atoms with Crippen LogP contribution in [0.4, 0.5) is 5.13 Å². The second kappa shape index (κ2) is 7.76. The van der Waals surface area contributed by atoms with Gasteiger partial charge in [-0.05, 0) is 17.7 Å². The summed E-state index contributed by atoms with van der Waals surface area (Å²) in [6.07, 6.45) is 0.209. The lowest BCUT2D eigenvalue weighted by atomic mass is 10.1. The molecule has 25 heavy (non-hydrogen) atoms.